The number of amides is 3. The molecule has 1 saturated carbocycles. The van der Waals surface area contributed by atoms with E-state index in [1.165, 1.54) is 6.07 Å². The van der Waals surface area contributed by atoms with E-state index >= 15 is 0 Å². The Kier molecular flexibility index (Phi) is 4.99. The third-order valence-electron chi connectivity index (χ3n) is 4.53. The van der Waals surface area contributed by atoms with Crippen molar-refractivity contribution in [3.63, 3.8) is 0 Å². The molecule has 1 fully saturated rings. The van der Waals surface area contributed by atoms with Crippen LogP contribution in [0, 0.1) is 12.7 Å². The molecule has 1 aliphatic carbocycles. The maximum atomic E-state index is 14.0. The lowest BCUT2D eigenvalue weighted by Crippen LogP contribution is -2.30. The van der Waals surface area contributed by atoms with Crippen molar-refractivity contribution in [3.05, 3.63) is 65.5 Å². The van der Waals surface area contributed by atoms with Crippen LogP contribution in [0.5, 0.6) is 0 Å². The molecule has 1 heterocycles. The first-order valence-corrected chi connectivity index (χ1v) is 9.29. The molecule has 3 amide bonds. The molecule has 4 N–H and O–H groups in total. The fourth-order valence-corrected chi connectivity index (χ4v) is 2.88. The molecule has 4 rings (SSSR count). The maximum absolute atomic E-state index is 14.0. The van der Waals surface area contributed by atoms with E-state index in [9.17, 15) is 14.0 Å². The van der Waals surface area contributed by atoms with E-state index in [1.54, 1.807) is 42.5 Å². The van der Waals surface area contributed by atoms with Crippen LogP contribution in [0.4, 0.5) is 20.7 Å². The van der Waals surface area contributed by atoms with Crippen molar-refractivity contribution in [1.29, 1.82) is 0 Å². The second kappa shape index (κ2) is 7.75. The van der Waals surface area contributed by atoms with E-state index in [0.29, 0.717) is 22.5 Å². The van der Waals surface area contributed by atoms with Gasteiger partial charge in [-0.2, -0.15) is 5.10 Å². The number of aromatic amines is 1. The molecule has 29 heavy (non-hydrogen) atoms. The van der Waals surface area contributed by atoms with Gasteiger partial charge in [0.15, 0.2) is 5.82 Å². The highest BCUT2D eigenvalue weighted by Crippen LogP contribution is 2.24. The molecule has 1 aromatic heterocycles. The number of hydrogen-bond donors (Lipinski definition) is 4. The van der Waals surface area contributed by atoms with Gasteiger partial charge in [-0.25, -0.2) is 9.18 Å². The summed E-state index contributed by atoms with van der Waals surface area (Å²) in [6, 6.07) is 12.9. The second-order valence-electron chi connectivity index (χ2n) is 7.06. The van der Waals surface area contributed by atoms with Gasteiger partial charge in [0.25, 0.3) is 5.91 Å². The summed E-state index contributed by atoms with van der Waals surface area (Å²) in [6.45, 7) is 1.87. The van der Waals surface area contributed by atoms with Crippen LogP contribution in [0.3, 0.4) is 0 Å². The van der Waals surface area contributed by atoms with E-state index in [1.807, 2.05) is 6.92 Å². The normalized spacial score (nSPS) is 13.0. The summed E-state index contributed by atoms with van der Waals surface area (Å²) < 4.78 is 14.0. The largest absolute Gasteiger partial charge is 0.335 e. The molecule has 7 nitrogen and oxygen atoms in total. The van der Waals surface area contributed by atoms with Gasteiger partial charge in [-0.1, -0.05) is 17.7 Å². The number of benzene rings is 2. The van der Waals surface area contributed by atoms with E-state index in [-0.39, 0.29) is 29.6 Å². The lowest BCUT2D eigenvalue weighted by Gasteiger charge is -2.08. The van der Waals surface area contributed by atoms with Crippen molar-refractivity contribution in [2.75, 3.05) is 10.6 Å². The predicted molar refractivity (Wildman–Crippen MR) is 108 cm³/mol. The lowest BCUT2D eigenvalue weighted by molar-refractivity contribution is 0.102. The number of rotatable bonds is 5. The molecular formula is C21H20FN5O2. The lowest BCUT2D eigenvalue weighted by atomic mass is 10.1. The number of hydrogen-bond acceptors (Lipinski definition) is 3. The molecule has 0 atom stereocenters. The molecule has 8 heteroatoms. The van der Waals surface area contributed by atoms with Gasteiger partial charge >= 0.3 is 6.03 Å². The van der Waals surface area contributed by atoms with Crippen LogP contribution in [0.2, 0.25) is 0 Å². The van der Waals surface area contributed by atoms with Gasteiger partial charge in [-0.3, -0.25) is 9.89 Å². The highest BCUT2D eigenvalue weighted by molar-refractivity contribution is 6.05. The molecule has 1 aliphatic rings. The molecule has 0 aliphatic heterocycles. The van der Waals surface area contributed by atoms with Crippen molar-refractivity contribution in [2.45, 2.75) is 25.8 Å². The van der Waals surface area contributed by atoms with Gasteiger partial charge in [0.2, 0.25) is 0 Å². The first kappa shape index (κ1) is 18.7. The first-order chi connectivity index (χ1) is 14.0. The smallest absolute Gasteiger partial charge is 0.319 e. The van der Waals surface area contributed by atoms with Gasteiger partial charge in [-0.15, -0.1) is 0 Å². The van der Waals surface area contributed by atoms with Crippen molar-refractivity contribution < 1.29 is 14.0 Å². The molecule has 0 bridgehead atoms. The number of nitrogens with zero attached hydrogens (tertiary/aromatic N) is 1. The van der Waals surface area contributed by atoms with Gasteiger partial charge in [-0.05, 0) is 50.1 Å². The molecule has 0 saturated heterocycles. The molecule has 3 aromatic rings. The minimum atomic E-state index is -0.390. The highest BCUT2D eigenvalue weighted by Gasteiger charge is 2.23. The van der Waals surface area contributed by atoms with E-state index < -0.39 is 0 Å². The van der Waals surface area contributed by atoms with Crippen LogP contribution >= 0.6 is 0 Å². The predicted octanol–water partition coefficient (Wildman–Crippen LogP) is 4.06. The van der Waals surface area contributed by atoms with Crippen LogP contribution in [-0.2, 0) is 0 Å². The summed E-state index contributed by atoms with van der Waals surface area (Å²) in [5, 5.41) is 15.0. The number of carbonyl (C=O) groups is 2. The number of anilines is 2. The zero-order chi connectivity index (χ0) is 20.4. The summed E-state index contributed by atoms with van der Waals surface area (Å²) in [5.74, 6) is -0.491. The molecule has 0 unspecified atom stereocenters. The minimum absolute atomic E-state index is 0.244. The topological polar surface area (TPSA) is 98.9 Å². The Morgan fingerprint density at radius 1 is 1.10 bits per heavy atom. The van der Waals surface area contributed by atoms with Crippen LogP contribution in [0.1, 0.15) is 28.8 Å². The Hall–Kier alpha value is -3.68. The van der Waals surface area contributed by atoms with Gasteiger partial charge in [0.1, 0.15) is 5.82 Å². The average Bonchev–Trinajstić information content (AvgIpc) is 3.38. The van der Waals surface area contributed by atoms with E-state index in [0.717, 1.165) is 18.4 Å². The number of halogens is 1. The standard InChI is InChI=1S/C21H20FN5O2/c1-12-5-8-17(22)16(9-12)18-11-19(27-26-18)25-20(28)13-3-2-4-15(10-13)24-21(29)23-14-6-7-14/h2-5,8-11,14H,6-7H2,1H3,(H2,23,24,29)(H2,25,26,27,28). The van der Waals surface area contributed by atoms with Crippen molar-refractivity contribution in [3.8, 4) is 11.3 Å². The minimum Gasteiger partial charge on any atom is -0.335 e. The summed E-state index contributed by atoms with van der Waals surface area (Å²) in [4.78, 5) is 24.4. The Labute approximate surface area is 166 Å². The number of carbonyl (C=O) groups excluding carboxylic acids is 2. The highest BCUT2D eigenvalue weighted by atomic mass is 19.1. The number of H-pyrrole nitrogens is 1. The number of urea groups is 1. The quantitative estimate of drug-likeness (QED) is 0.526. The first-order valence-electron chi connectivity index (χ1n) is 9.29. The number of nitrogens with one attached hydrogen (secondary N) is 4. The van der Waals surface area contributed by atoms with Gasteiger partial charge in [0.05, 0.1) is 5.69 Å². The van der Waals surface area contributed by atoms with Crippen molar-refractivity contribution in [2.24, 2.45) is 0 Å². The molecular weight excluding hydrogens is 373 g/mol. The summed E-state index contributed by atoms with van der Waals surface area (Å²) >= 11 is 0. The zero-order valence-electron chi connectivity index (χ0n) is 15.8. The fourth-order valence-electron chi connectivity index (χ4n) is 2.88. The molecule has 148 valence electrons. The van der Waals surface area contributed by atoms with E-state index in [4.69, 9.17) is 0 Å². The molecule has 0 radical (unpaired) electrons. The molecule has 0 spiro atoms. The van der Waals surface area contributed by atoms with Crippen molar-refractivity contribution >= 4 is 23.4 Å². The summed E-state index contributed by atoms with van der Waals surface area (Å²) in [5.41, 5.74) is 2.64. The van der Waals surface area contributed by atoms with E-state index in [2.05, 4.69) is 26.1 Å². The summed E-state index contributed by atoms with van der Waals surface area (Å²) in [6.07, 6.45) is 1.99. The monoisotopic (exact) mass is 393 g/mol. The Bertz CT molecular complexity index is 1070. The molecule has 2 aromatic carbocycles. The third kappa shape index (κ3) is 4.60. The van der Waals surface area contributed by atoms with Crippen LogP contribution in [0.25, 0.3) is 11.3 Å². The van der Waals surface area contributed by atoms with Crippen LogP contribution in [0.15, 0.2) is 48.5 Å². The summed E-state index contributed by atoms with van der Waals surface area (Å²) in [7, 11) is 0. The van der Waals surface area contributed by atoms with Crippen LogP contribution < -0.4 is 16.0 Å². The Morgan fingerprint density at radius 3 is 2.72 bits per heavy atom. The number of aryl methyl sites for hydroxylation is 1. The van der Waals surface area contributed by atoms with Gasteiger partial charge < -0.3 is 16.0 Å². The third-order valence-corrected chi connectivity index (χ3v) is 4.53. The Morgan fingerprint density at radius 2 is 1.93 bits per heavy atom. The Balaban J connectivity index is 1.44. The average molecular weight is 393 g/mol. The number of aromatic nitrogens is 2. The van der Waals surface area contributed by atoms with Crippen LogP contribution in [-0.4, -0.2) is 28.2 Å². The van der Waals surface area contributed by atoms with Gasteiger partial charge in [0, 0.05) is 28.9 Å². The second-order valence-corrected chi connectivity index (χ2v) is 7.06. The fraction of sp³-hybridized carbons (Fsp3) is 0.190. The SMILES string of the molecule is Cc1ccc(F)c(-c2cc(NC(=O)c3cccc(NC(=O)NC4CC4)c3)n[nH]2)c1. The van der Waals surface area contributed by atoms with Crippen molar-refractivity contribution in [1.82, 2.24) is 15.5 Å². The maximum Gasteiger partial charge on any atom is 0.319 e. The zero-order valence-corrected chi connectivity index (χ0v) is 15.8.